The van der Waals surface area contributed by atoms with Crippen molar-refractivity contribution in [2.75, 3.05) is 18.2 Å². The third-order valence-corrected chi connectivity index (χ3v) is 4.41. The predicted molar refractivity (Wildman–Crippen MR) is 117 cm³/mol. The molecule has 2 aromatic heterocycles. The molecule has 5 N–H and O–H groups in total. The van der Waals surface area contributed by atoms with Crippen molar-refractivity contribution in [3.05, 3.63) is 74.1 Å². The van der Waals surface area contributed by atoms with Gasteiger partial charge in [0.2, 0.25) is 0 Å². The molecule has 170 valence electrons. The van der Waals surface area contributed by atoms with Crippen LogP contribution in [0.15, 0.2) is 46.2 Å². The summed E-state index contributed by atoms with van der Waals surface area (Å²) in [7, 11) is 1.19. The van der Waals surface area contributed by atoms with Gasteiger partial charge in [0.1, 0.15) is 17.7 Å². The first-order valence-electron chi connectivity index (χ1n) is 9.07. The number of aromatic nitrogens is 4. The fourth-order valence-electron chi connectivity index (χ4n) is 2.69. The highest BCUT2D eigenvalue weighted by Gasteiger charge is 2.18. The fraction of sp³-hybridized carbons (Fsp3) is 0.105. The van der Waals surface area contributed by atoms with Gasteiger partial charge in [-0.25, -0.2) is 19.4 Å². The maximum Gasteiger partial charge on any atom is 0.356 e. The minimum atomic E-state index is -1.25. The van der Waals surface area contributed by atoms with Crippen LogP contribution in [0.1, 0.15) is 26.5 Å². The van der Waals surface area contributed by atoms with Gasteiger partial charge < -0.3 is 20.9 Å². The van der Waals surface area contributed by atoms with Crippen LogP contribution >= 0.6 is 11.8 Å². The number of halogens is 1. The summed E-state index contributed by atoms with van der Waals surface area (Å²) in [5, 5.41) is 15.3. The van der Waals surface area contributed by atoms with E-state index in [9.17, 15) is 19.2 Å². The van der Waals surface area contributed by atoms with Gasteiger partial charge in [0.15, 0.2) is 11.4 Å². The fourth-order valence-corrected chi connectivity index (χ4v) is 2.84. The molecule has 2 aromatic carbocycles. The average Bonchev–Trinajstić information content (AvgIpc) is 3.30. The first kappa shape index (κ1) is 23.3. The number of carbonyl (C=O) groups excluding carboxylic acids is 1. The minimum Gasteiger partial charge on any atom is -0.477 e. The van der Waals surface area contributed by atoms with Crippen LogP contribution in [0.5, 0.6) is 0 Å². The number of rotatable bonds is 6. The van der Waals surface area contributed by atoms with Crippen molar-refractivity contribution < 1.29 is 19.4 Å². The van der Waals surface area contributed by atoms with Crippen molar-refractivity contribution in [2.24, 2.45) is 0 Å². The molecule has 4 rings (SSSR count). The number of benzene rings is 1. The molecule has 2 heterocycles. The van der Waals surface area contributed by atoms with E-state index in [1.54, 1.807) is 6.07 Å². The molecule has 0 aliphatic heterocycles. The number of carbonyl (C=O) groups is 2. The lowest BCUT2D eigenvalue weighted by atomic mass is 10.1. The highest BCUT2D eigenvalue weighted by molar-refractivity contribution is 6.13. The third-order valence-electron chi connectivity index (χ3n) is 4.28. The van der Waals surface area contributed by atoms with Gasteiger partial charge >= 0.3 is 11.9 Å². The Hall–Kier alpha value is -4.36. The molecular weight excluding hydrogens is 458 g/mol. The minimum absolute atomic E-state index is 0.0177. The lowest BCUT2D eigenvalue weighted by Crippen LogP contribution is -2.36. The van der Waals surface area contributed by atoms with Crippen LogP contribution in [0.3, 0.4) is 0 Å². The average molecular weight is 474 g/mol. The van der Waals surface area contributed by atoms with E-state index in [2.05, 4.69) is 30.0 Å². The predicted octanol–water partition coefficient (Wildman–Crippen LogP) is 0.461. The van der Waals surface area contributed by atoms with Gasteiger partial charge in [0.05, 0.1) is 7.11 Å². The molecule has 0 spiro atoms. The van der Waals surface area contributed by atoms with E-state index in [1.807, 2.05) is 18.2 Å². The molecule has 13 nitrogen and oxygen atoms in total. The zero-order valence-electron chi connectivity index (χ0n) is 16.9. The van der Waals surface area contributed by atoms with E-state index in [0.29, 0.717) is 12.2 Å². The number of nitrogens with zero attached hydrogens (tertiary/aromatic N) is 4. The number of carboxylic acids is 1. The van der Waals surface area contributed by atoms with E-state index in [4.69, 9.17) is 22.6 Å². The Morgan fingerprint density at radius 2 is 2.00 bits per heavy atom. The van der Waals surface area contributed by atoms with Crippen LogP contribution < -0.4 is 26.7 Å². The monoisotopic (exact) mass is 473 g/mol. The second-order valence-corrected chi connectivity index (χ2v) is 6.65. The Morgan fingerprint density at radius 1 is 1.24 bits per heavy atom. The van der Waals surface area contributed by atoms with Crippen molar-refractivity contribution in [3.8, 4) is 0 Å². The second-order valence-electron chi connectivity index (χ2n) is 6.38. The van der Waals surface area contributed by atoms with Crippen LogP contribution in [-0.4, -0.2) is 43.7 Å². The van der Waals surface area contributed by atoms with E-state index in [-0.39, 0.29) is 28.5 Å². The van der Waals surface area contributed by atoms with E-state index in [0.717, 1.165) is 16.1 Å². The smallest absolute Gasteiger partial charge is 0.356 e. The highest BCUT2D eigenvalue weighted by Crippen LogP contribution is 2.19. The zero-order valence-corrected chi connectivity index (χ0v) is 17.7. The molecule has 0 unspecified atom stereocenters. The van der Waals surface area contributed by atoms with E-state index < -0.39 is 22.8 Å². The third kappa shape index (κ3) is 4.94. The van der Waals surface area contributed by atoms with Crippen LogP contribution in [0.4, 0.5) is 17.1 Å². The van der Waals surface area contributed by atoms with Crippen molar-refractivity contribution in [3.63, 3.8) is 0 Å². The highest BCUT2D eigenvalue weighted by atomic mass is 35.5. The summed E-state index contributed by atoms with van der Waals surface area (Å²) >= 11 is 5.40. The number of ether oxygens (including phenoxy) is 1. The lowest BCUT2D eigenvalue weighted by molar-refractivity contribution is 0.0590. The standard InChI is InChI=1S/C11H10ClN3O2.C8H6N4O4/c12-14-5-6-2-1-3-7(4-6)15-9-8(13)10(16)11(9)17;1-16-7(15)5-2-4(6(13)14)11-8-9-3-10-12(5)8/h1-4,14-15H,5,13H2;2-3H,1H3,(H,13,14). The largest absolute Gasteiger partial charge is 0.477 e. The summed E-state index contributed by atoms with van der Waals surface area (Å²) in [6, 6.07) is 8.36. The normalized spacial score (nSPS) is 10.5. The number of nitrogens with two attached hydrogens (primary N) is 1. The summed E-state index contributed by atoms with van der Waals surface area (Å²) in [6.45, 7) is 0.498. The Kier molecular flexibility index (Phi) is 6.95. The Morgan fingerprint density at radius 3 is 2.64 bits per heavy atom. The summed E-state index contributed by atoms with van der Waals surface area (Å²) in [6.07, 6.45) is 1.17. The number of methoxy groups -OCH3 is 1. The summed E-state index contributed by atoms with van der Waals surface area (Å²) < 4.78 is 5.61. The first-order chi connectivity index (χ1) is 15.8. The number of nitrogens with one attached hydrogen (secondary N) is 2. The van der Waals surface area contributed by atoms with Crippen LogP contribution in [0.2, 0.25) is 0 Å². The van der Waals surface area contributed by atoms with Gasteiger partial charge in [0, 0.05) is 18.3 Å². The van der Waals surface area contributed by atoms with Gasteiger partial charge in [-0.3, -0.25) is 9.59 Å². The number of hydrogen-bond donors (Lipinski definition) is 4. The number of fused-ring (bicyclic) bond motifs is 1. The van der Waals surface area contributed by atoms with E-state index in [1.165, 1.54) is 13.4 Å². The van der Waals surface area contributed by atoms with Gasteiger partial charge in [-0.2, -0.15) is 14.6 Å². The topological polar surface area (TPSA) is 191 Å². The molecule has 0 saturated heterocycles. The number of nitrogen functional groups attached to an aromatic ring is 1. The molecule has 0 radical (unpaired) electrons. The van der Waals surface area contributed by atoms with Crippen LogP contribution in [-0.2, 0) is 11.3 Å². The first-order valence-corrected chi connectivity index (χ1v) is 9.45. The number of aromatic carboxylic acids is 1. The van der Waals surface area contributed by atoms with Gasteiger partial charge in [0.25, 0.3) is 16.6 Å². The molecule has 4 aromatic rings. The molecule has 0 saturated carbocycles. The van der Waals surface area contributed by atoms with Crippen LogP contribution in [0.25, 0.3) is 5.78 Å². The summed E-state index contributed by atoms with van der Waals surface area (Å²) in [4.78, 5) is 54.2. The van der Waals surface area contributed by atoms with E-state index >= 15 is 0 Å². The van der Waals surface area contributed by atoms with Gasteiger partial charge in [-0.15, -0.1) is 0 Å². The lowest BCUT2D eigenvalue weighted by Gasteiger charge is -2.10. The summed E-state index contributed by atoms with van der Waals surface area (Å²) in [5.41, 5.74) is 5.65. The molecule has 0 aliphatic carbocycles. The molecular formula is C19H16ClN7O6. The molecule has 0 atom stereocenters. The maximum atomic E-state index is 11.4. The number of hydrogen-bond acceptors (Lipinski definition) is 11. The van der Waals surface area contributed by atoms with Crippen LogP contribution in [0, 0.1) is 0 Å². The summed E-state index contributed by atoms with van der Waals surface area (Å²) in [5.74, 6) is -1.93. The maximum absolute atomic E-state index is 11.4. The quantitative estimate of drug-likeness (QED) is 0.172. The molecule has 0 amide bonds. The number of carboxylic acid groups (broad SMARTS) is 1. The molecule has 0 aliphatic rings. The molecule has 33 heavy (non-hydrogen) atoms. The zero-order chi connectivity index (χ0) is 24.1. The van der Waals surface area contributed by atoms with Crippen molar-refractivity contribution in [1.29, 1.82) is 0 Å². The Labute approximate surface area is 189 Å². The molecule has 0 fully saturated rings. The Bertz CT molecular complexity index is 1410. The van der Waals surface area contributed by atoms with Crippen molar-refractivity contribution in [2.45, 2.75) is 6.54 Å². The van der Waals surface area contributed by atoms with Gasteiger partial charge in [-0.05, 0) is 29.5 Å². The van der Waals surface area contributed by atoms with Crippen molar-refractivity contribution in [1.82, 2.24) is 24.4 Å². The van der Waals surface area contributed by atoms with Gasteiger partial charge in [-0.1, -0.05) is 12.1 Å². The molecule has 14 heteroatoms. The number of anilines is 3. The van der Waals surface area contributed by atoms with Crippen molar-refractivity contribution >= 4 is 46.6 Å². The SMILES string of the molecule is COC(=O)c1cc(C(=O)O)nc2ncnn12.Nc1c(Nc2cccc(CNCl)c2)c(=O)c1=O. The number of esters is 1. The second kappa shape index (κ2) is 9.84. The Balaban J connectivity index is 0.000000186. The molecule has 0 bridgehead atoms.